The third-order valence-corrected chi connectivity index (χ3v) is 5.27. The molecule has 1 heterocycles. The molecule has 0 atom stereocenters. The van der Waals surface area contributed by atoms with Crippen molar-refractivity contribution in [2.45, 2.75) is 37.3 Å². The highest BCUT2D eigenvalue weighted by Crippen LogP contribution is 2.29. The number of H-pyrrole nitrogens is 1. The fraction of sp³-hybridized carbons (Fsp3) is 0.700. The smallest absolute Gasteiger partial charge is 0.260 e. The predicted molar refractivity (Wildman–Crippen MR) is 68.6 cm³/mol. The van der Waals surface area contributed by atoms with Crippen LogP contribution in [0.1, 0.15) is 25.1 Å². The summed E-state index contributed by atoms with van der Waals surface area (Å²) >= 11 is 3.31. The van der Waals surface area contributed by atoms with E-state index in [0.29, 0.717) is 17.7 Å². The van der Waals surface area contributed by atoms with E-state index in [1.807, 2.05) is 0 Å². The topological polar surface area (TPSA) is 66.1 Å². The zero-order valence-corrected chi connectivity index (χ0v) is 12.1. The van der Waals surface area contributed by atoms with Gasteiger partial charge in [-0.3, -0.25) is 0 Å². The molecule has 1 saturated carbocycles. The second kappa shape index (κ2) is 5.07. The fourth-order valence-corrected chi connectivity index (χ4v) is 4.18. The minimum Gasteiger partial charge on any atom is -0.332 e. The maximum atomic E-state index is 12.4. The lowest BCUT2D eigenvalue weighted by molar-refractivity contribution is 0.227. The third kappa shape index (κ3) is 2.56. The van der Waals surface area contributed by atoms with Gasteiger partial charge in [-0.05, 0) is 19.8 Å². The van der Waals surface area contributed by atoms with Crippen LogP contribution < -0.4 is 0 Å². The van der Waals surface area contributed by atoms with E-state index in [0.717, 1.165) is 19.3 Å². The molecule has 0 spiro atoms. The van der Waals surface area contributed by atoms with Crippen molar-refractivity contribution < 1.29 is 8.42 Å². The molecular formula is C10H16BrN3O2S. The lowest BCUT2D eigenvalue weighted by Gasteiger charge is -2.35. The van der Waals surface area contributed by atoms with Crippen molar-refractivity contribution in [2.75, 3.05) is 11.9 Å². The fourth-order valence-electron chi connectivity index (χ4n) is 1.91. The van der Waals surface area contributed by atoms with E-state index >= 15 is 0 Å². The monoisotopic (exact) mass is 321 g/mol. The lowest BCUT2D eigenvalue weighted by Crippen LogP contribution is -2.45. The molecule has 7 heteroatoms. The van der Waals surface area contributed by atoms with Gasteiger partial charge in [0, 0.05) is 17.9 Å². The molecule has 1 aromatic heterocycles. The quantitative estimate of drug-likeness (QED) is 0.839. The Balaban J connectivity index is 2.27. The Hall–Kier alpha value is -0.400. The Labute approximate surface area is 110 Å². The average Bonchev–Trinajstić information content (AvgIpc) is 2.62. The van der Waals surface area contributed by atoms with Gasteiger partial charge >= 0.3 is 0 Å². The summed E-state index contributed by atoms with van der Waals surface area (Å²) in [4.78, 5) is 6.76. The molecule has 5 nitrogen and oxygen atoms in total. The first-order valence-electron chi connectivity index (χ1n) is 5.65. The molecule has 17 heavy (non-hydrogen) atoms. The normalized spacial score (nSPS) is 17.4. The van der Waals surface area contributed by atoms with Crippen molar-refractivity contribution in [3.8, 4) is 0 Å². The summed E-state index contributed by atoms with van der Waals surface area (Å²) in [6.07, 6.45) is 4.42. The van der Waals surface area contributed by atoms with Crippen LogP contribution in [0.3, 0.4) is 0 Å². The summed E-state index contributed by atoms with van der Waals surface area (Å²) in [6, 6.07) is 0.154. The van der Waals surface area contributed by atoms with Gasteiger partial charge in [0.1, 0.15) is 5.82 Å². The summed E-state index contributed by atoms with van der Waals surface area (Å²) in [5.74, 6) is 0.621. The van der Waals surface area contributed by atoms with E-state index in [-0.39, 0.29) is 11.1 Å². The number of hydrogen-bond acceptors (Lipinski definition) is 3. The van der Waals surface area contributed by atoms with Gasteiger partial charge in [-0.15, -0.1) is 0 Å². The predicted octanol–water partition coefficient (Wildman–Crippen LogP) is 1.66. The van der Waals surface area contributed by atoms with E-state index < -0.39 is 10.0 Å². The molecule has 0 saturated heterocycles. The van der Waals surface area contributed by atoms with Crippen LogP contribution in [0.2, 0.25) is 0 Å². The zero-order chi connectivity index (χ0) is 12.5. The maximum absolute atomic E-state index is 12.4. The van der Waals surface area contributed by atoms with Crippen LogP contribution in [0.4, 0.5) is 0 Å². The molecule has 2 rings (SSSR count). The number of aryl methyl sites for hydroxylation is 1. The lowest BCUT2D eigenvalue weighted by atomic mass is 9.93. The molecule has 0 aliphatic heterocycles. The Bertz CT molecular complexity index is 481. The van der Waals surface area contributed by atoms with E-state index in [1.54, 1.807) is 11.2 Å². The van der Waals surface area contributed by atoms with Gasteiger partial charge in [0.2, 0.25) is 0 Å². The molecule has 0 amide bonds. The van der Waals surface area contributed by atoms with Crippen LogP contribution in [-0.2, 0) is 10.0 Å². The Morgan fingerprint density at radius 2 is 2.29 bits per heavy atom. The minimum atomic E-state index is -3.42. The summed E-state index contributed by atoms with van der Waals surface area (Å²) in [6.45, 7) is 2.25. The molecular weight excluding hydrogens is 306 g/mol. The number of halogens is 1. The van der Waals surface area contributed by atoms with Crippen LogP contribution in [0, 0.1) is 6.92 Å². The standard InChI is InChI=1S/C10H16BrN3O2S/c1-8-12-7-10(13-8)17(15,16)14(6-5-11)9-3-2-4-9/h7,9H,2-6H2,1H3,(H,12,13). The summed E-state index contributed by atoms with van der Waals surface area (Å²) in [7, 11) is -3.42. The average molecular weight is 322 g/mol. The van der Waals surface area contributed by atoms with Gasteiger partial charge in [-0.25, -0.2) is 13.4 Å². The number of hydrogen-bond donors (Lipinski definition) is 1. The molecule has 1 aliphatic rings. The van der Waals surface area contributed by atoms with E-state index in [1.165, 1.54) is 6.20 Å². The van der Waals surface area contributed by atoms with Crippen LogP contribution in [0.5, 0.6) is 0 Å². The highest BCUT2D eigenvalue weighted by molar-refractivity contribution is 9.09. The van der Waals surface area contributed by atoms with Crippen LogP contribution in [0.15, 0.2) is 11.2 Å². The van der Waals surface area contributed by atoms with Crippen LogP contribution in [0.25, 0.3) is 0 Å². The molecule has 0 aromatic carbocycles. The largest absolute Gasteiger partial charge is 0.332 e. The number of sulfonamides is 1. The first-order valence-corrected chi connectivity index (χ1v) is 8.21. The molecule has 0 radical (unpaired) electrons. The SMILES string of the molecule is Cc1ncc(S(=O)(=O)N(CCBr)C2CCC2)[nH]1. The zero-order valence-electron chi connectivity index (χ0n) is 9.69. The minimum absolute atomic E-state index is 0.154. The number of nitrogens with zero attached hydrogens (tertiary/aromatic N) is 2. The number of aromatic amines is 1. The van der Waals surface area contributed by atoms with Crippen molar-refractivity contribution in [3.05, 3.63) is 12.0 Å². The molecule has 1 N–H and O–H groups in total. The van der Waals surface area contributed by atoms with Gasteiger partial charge in [-0.1, -0.05) is 22.4 Å². The Kier molecular flexibility index (Phi) is 3.89. The number of rotatable bonds is 5. The van der Waals surface area contributed by atoms with Gasteiger partial charge < -0.3 is 4.98 Å². The van der Waals surface area contributed by atoms with Crippen LogP contribution >= 0.6 is 15.9 Å². The number of alkyl halides is 1. The van der Waals surface area contributed by atoms with Crippen molar-refractivity contribution in [3.63, 3.8) is 0 Å². The Morgan fingerprint density at radius 1 is 1.59 bits per heavy atom. The van der Waals surface area contributed by atoms with Crippen molar-refractivity contribution >= 4 is 26.0 Å². The third-order valence-electron chi connectivity index (χ3n) is 3.05. The number of nitrogens with one attached hydrogen (secondary N) is 1. The first-order chi connectivity index (χ1) is 8.05. The number of imidazole rings is 1. The van der Waals surface area contributed by atoms with Gasteiger partial charge in [0.05, 0.1) is 6.20 Å². The second-order valence-electron chi connectivity index (χ2n) is 4.22. The van der Waals surface area contributed by atoms with Crippen molar-refractivity contribution in [1.82, 2.24) is 14.3 Å². The first kappa shape index (κ1) is 13.0. The van der Waals surface area contributed by atoms with Gasteiger partial charge in [-0.2, -0.15) is 4.31 Å². The van der Waals surface area contributed by atoms with Gasteiger partial charge in [0.25, 0.3) is 10.0 Å². The molecule has 0 bridgehead atoms. The molecule has 96 valence electrons. The number of aromatic nitrogens is 2. The van der Waals surface area contributed by atoms with Crippen molar-refractivity contribution in [1.29, 1.82) is 0 Å². The van der Waals surface area contributed by atoms with Crippen LogP contribution in [-0.4, -0.2) is 40.6 Å². The molecule has 0 unspecified atom stereocenters. The maximum Gasteiger partial charge on any atom is 0.260 e. The molecule has 1 aromatic rings. The summed E-state index contributed by atoms with van der Waals surface area (Å²) in [5.41, 5.74) is 0. The van der Waals surface area contributed by atoms with E-state index in [9.17, 15) is 8.42 Å². The highest BCUT2D eigenvalue weighted by atomic mass is 79.9. The summed E-state index contributed by atoms with van der Waals surface area (Å²) in [5, 5.41) is 0.846. The van der Waals surface area contributed by atoms with Gasteiger partial charge in [0.15, 0.2) is 5.03 Å². The highest BCUT2D eigenvalue weighted by Gasteiger charge is 2.35. The molecule has 1 fully saturated rings. The second-order valence-corrected chi connectivity index (χ2v) is 6.87. The Morgan fingerprint density at radius 3 is 2.71 bits per heavy atom. The van der Waals surface area contributed by atoms with E-state index in [2.05, 4.69) is 25.9 Å². The molecule has 1 aliphatic carbocycles. The van der Waals surface area contributed by atoms with Crippen molar-refractivity contribution in [2.24, 2.45) is 0 Å². The van der Waals surface area contributed by atoms with E-state index in [4.69, 9.17) is 0 Å². The summed E-state index contributed by atoms with van der Waals surface area (Å²) < 4.78 is 26.4.